The molecule has 0 saturated heterocycles. The largest absolute Gasteiger partial charge is 0.322 e. The SMILES string of the molecule is CC1=C(C(=O)Nc2ccccc2)[C@@H](c2cccs2)n2c(s/c(=C3/C(=O)N(C(C)C)c4ccccc43)c2=O)=N1. The van der Waals surface area contributed by atoms with E-state index in [1.165, 1.54) is 22.7 Å². The number of rotatable bonds is 4. The topological polar surface area (TPSA) is 83.8 Å². The van der Waals surface area contributed by atoms with E-state index in [1.807, 2.05) is 86.0 Å². The second-order valence-electron chi connectivity index (χ2n) is 9.40. The second kappa shape index (κ2) is 9.34. The molecule has 0 aliphatic carbocycles. The average molecular weight is 541 g/mol. The number of benzene rings is 2. The fourth-order valence-electron chi connectivity index (χ4n) is 5.07. The summed E-state index contributed by atoms with van der Waals surface area (Å²) < 4.78 is 1.91. The van der Waals surface area contributed by atoms with Gasteiger partial charge >= 0.3 is 0 Å². The van der Waals surface area contributed by atoms with Gasteiger partial charge in [-0.25, -0.2) is 4.99 Å². The van der Waals surface area contributed by atoms with Gasteiger partial charge < -0.3 is 10.2 Å². The van der Waals surface area contributed by atoms with Crippen molar-refractivity contribution in [1.82, 2.24) is 4.57 Å². The molecule has 0 bridgehead atoms. The molecule has 4 heterocycles. The Morgan fingerprint density at radius 1 is 1.00 bits per heavy atom. The molecule has 6 rings (SSSR count). The molecule has 2 aliphatic heterocycles. The Morgan fingerprint density at radius 2 is 1.74 bits per heavy atom. The molecule has 2 aromatic heterocycles. The van der Waals surface area contributed by atoms with E-state index in [0.717, 1.165) is 16.1 Å². The molecule has 2 aliphatic rings. The Labute approximate surface area is 226 Å². The van der Waals surface area contributed by atoms with E-state index < -0.39 is 6.04 Å². The van der Waals surface area contributed by atoms with E-state index in [4.69, 9.17) is 4.99 Å². The minimum absolute atomic E-state index is 0.0701. The van der Waals surface area contributed by atoms with Gasteiger partial charge in [0.05, 0.1) is 22.5 Å². The zero-order chi connectivity index (χ0) is 26.6. The maximum Gasteiger partial charge on any atom is 0.272 e. The van der Waals surface area contributed by atoms with Crippen LogP contribution in [0.1, 0.15) is 37.3 Å². The van der Waals surface area contributed by atoms with Crippen LogP contribution in [-0.4, -0.2) is 22.4 Å². The van der Waals surface area contributed by atoms with Crippen LogP contribution in [0, 0.1) is 0 Å². The summed E-state index contributed by atoms with van der Waals surface area (Å²) in [6.45, 7) is 5.70. The normalized spacial score (nSPS) is 17.9. The van der Waals surface area contributed by atoms with Gasteiger partial charge in [-0.3, -0.25) is 19.0 Å². The first-order chi connectivity index (χ1) is 18.4. The Kier molecular flexibility index (Phi) is 5.97. The molecule has 0 radical (unpaired) electrons. The van der Waals surface area contributed by atoms with Crippen LogP contribution in [0.15, 0.2) is 93.2 Å². The van der Waals surface area contributed by atoms with Crippen molar-refractivity contribution in [2.24, 2.45) is 4.99 Å². The van der Waals surface area contributed by atoms with Crippen molar-refractivity contribution in [1.29, 1.82) is 0 Å². The molecule has 0 unspecified atom stereocenters. The zero-order valence-corrected chi connectivity index (χ0v) is 22.6. The molecule has 1 atom stereocenters. The van der Waals surface area contributed by atoms with E-state index in [2.05, 4.69) is 5.32 Å². The third kappa shape index (κ3) is 3.77. The lowest BCUT2D eigenvalue weighted by Gasteiger charge is -2.24. The van der Waals surface area contributed by atoms with E-state index in [9.17, 15) is 14.4 Å². The number of thiazole rings is 1. The van der Waals surface area contributed by atoms with Crippen molar-refractivity contribution < 1.29 is 9.59 Å². The third-order valence-electron chi connectivity index (χ3n) is 6.70. The van der Waals surface area contributed by atoms with Crippen LogP contribution in [0.3, 0.4) is 0 Å². The summed E-state index contributed by atoms with van der Waals surface area (Å²) in [6, 6.07) is 19.8. The van der Waals surface area contributed by atoms with Crippen molar-refractivity contribution in [3.05, 3.63) is 114 Å². The van der Waals surface area contributed by atoms with Crippen LogP contribution < -0.4 is 25.1 Å². The number of allylic oxidation sites excluding steroid dienone is 1. The highest BCUT2D eigenvalue weighted by Crippen LogP contribution is 2.37. The number of nitrogens with zero attached hydrogens (tertiary/aromatic N) is 3. The van der Waals surface area contributed by atoms with E-state index in [0.29, 0.717) is 31.9 Å². The maximum absolute atomic E-state index is 14.1. The Morgan fingerprint density at radius 3 is 2.45 bits per heavy atom. The van der Waals surface area contributed by atoms with E-state index in [1.54, 1.807) is 16.4 Å². The number of carbonyl (C=O) groups is 2. The molecule has 7 nitrogen and oxygen atoms in total. The van der Waals surface area contributed by atoms with Crippen molar-refractivity contribution in [3.8, 4) is 0 Å². The molecule has 38 heavy (non-hydrogen) atoms. The van der Waals surface area contributed by atoms with Gasteiger partial charge in [-0.1, -0.05) is 53.8 Å². The minimum atomic E-state index is -0.655. The number of thiophene rings is 1. The number of hydrogen-bond donors (Lipinski definition) is 1. The smallest absolute Gasteiger partial charge is 0.272 e. The van der Waals surface area contributed by atoms with Gasteiger partial charge in [0.2, 0.25) is 0 Å². The quantitative estimate of drug-likeness (QED) is 0.424. The van der Waals surface area contributed by atoms with Gasteiger partial charge in [0, 0.05) is 22.2 Å². The molecule has 1 N–H and O–H groups in total. The Hall–Kier alpha value is -4.08. The first kappa shape index (κ1) is 24.3. The highest BCUT2D eigenvalue weighted by Gasteiger charge is 2.38. The van der Waals surface area contributed by atoms with Crippen LogP contribution in [0.2, 0.25) is 0 Å². The molecule has 2 amide bonds. The van der Waals surface area contributed by atoms with Gasteiger partial charge in [0.15, 0.2) is 4.80 Å². The van der Waals surface area contributed by atoms with E-state index >= 15 is 0 Å². The fraction of sp³-hybridized carbons (Fsp3) is 0.172. The minimum Gasteiger partial charge on any atom is -0.322 e. The van der Waals surface area contributed by atoms with Crippen LogP contribution >= 0.6 is 22.7 Å². The molecular formula is C29H24N4O3S2. The highest BCUT2D eigenvalue weighted by atomic mass is 32.1. The van der Waals surface area contributed by atoms with Crippen LogP contribution in [0.5, 0.6) is 0 Å². The molecule has 0 spiro atoms. The number of anilines is 2. The summed E-state index contributed by atoms with van der Waals surface area (Å²) in [5, 5.41) is 4.88. The van der Waals surface area contributed by atoms with E-state index in [-0.39, 0.29) is 23.4 Å². The van der Waals surface area contributed by atoms with Crippen molar-refractivity contribution in [2.75, 3.05) is 10.2 Å². The second-order valence-corrected chi connectivity index (χ2v) is 11.4. The highest BCUT2D eigenvalue weighted by molar-refractivity contribution is 7.10. The van der Waals surface area contributed by atoms with Crippen LogP contribution in [-0.2, 0) is 9.59 Å². The summed E-state index contributed by atoms with van der Waals surface area (Å²) in [4.78, 5) is 49.2. The number of hydrogen-bond acceptors (Lipinski definition) is 6. The first-order valence-corrected chi connectivity index (χ1v) is 13.9. The van der Waals surface area contributed by atoms with Gasteiger partial charge in [-0.05, 0) is 50.4 Å². The van der Waals surface area contributed by atoms with Gasteiger partial charge in [0.25, 0.3) is 17.4 Å². The monoisotopic (exact) mass is 540 g/mol. The summed E-state index contributed by atoms with van der Waals surface area (Å²) >= 11 is 2.67. The summed E-state index contributed by atoms with van der Waals surface area (Å²) in [5.74, 6) is -0.515. The molecular weight excluding hydrogens is 516 g/mol. The number of para-hydroxylation sites is 2. The molecule has 9 heteroatoms. The van der Waals surface area contributed by atoms with Gasteiger partial charge in [-0.15, -0.1) is 11.3 Å². The number of nitrogens with one attached hydrogen (secondary N) is 1. The molecule has 0 saturated carbocycles. The average Bonchev–Trinajstić information content (AvgIpc) is 3.60. The number of carbonyl (C=O) groups excluding carboxylic acids is 2. The summed E-state index contributed by atoms with van der Waals surface area (Å²) in [5.41, 5.74) is 3.19. The van der Waals surface area contributed by atoms with Gasteiger partial charge in [-0.2, -0.15) is 0 Å². The predicted octanol–water partition coefficient (Wildman–Crippen LogP) is 4.06. The first-order valence-electron chi connectivity index (χ1n) is 12.2. The summed E-state index contributed by atoms with van der Waals surface area (Å²) in [7, 11) is 0. The van der Waals surface area contributed by atoms with Crippen molar-refractivity contribution >= 4 is 51.4 Å². The standard InChI is InChI=1S/C29H24N4O3S2/c1-16(2)32-20-13-8-7-12-19(20)23(27(32)35)25-28(36)33-24(21-14-9-15-37-21)22(17(3)30-29(33)38-25)26(34)31-18-10-5-4-6-11-18/h4-16,24H,1-3H3,(H,31,34)/b25-23+/t24-/m1/s1. The van der Waals surface area contributed by atoms with Gasteiger partial charge in [0.1, 0.15) is 10.6 Å². The summed E-state index contributed by atoms with van der Waals surface area (Å²) in [6.07, 6.45) is 0. The predicted molar refractivity (Wildman–Crippen MR) is 151 cm³/mol. The lowest BCUT2D eigenvalue weighted by atomic mass is 10.0. The third-order valence-corrected chi connectivity index (χ3v) is 8.67. The maximum atomic E-state index is 14.1. The lowest BCUT2D eigenvalue weighted by molar-refractivity contribution is -0.114. The molecule has 0 fully saturated rings. The Bertz CT molecular complexity index is 1800. The lowest BCUT2D eigenvalue weighted by Crippen LogP contribution is -2.41. The number of amides is 2. The fourth-order valence-corrected chi connectivity index (χ4v) is 7.03. The van der Waals surface area contributed by atoms with Crippen molar-refractivity contribution in [2.45, 2.75) is 32.9 Å². The van der Waals surface area contributed by atoms with Crippen molar-refractivity contribution in [3.63, 3.8) is 0 Å². The Balaban J connectivity index is 1.57. The van der Waals surface area contributed by atoms with Crippen LogP contribution in [0.4, 0.5) is 11.4 Å². The number of aromatic nitrogens is 1. The number of fused-ring (bicyclic) bond motifs is 2. The van der Waals surface area contributed by atoms with Crippen LogP contribution in [0.25, 0.3) is 5.57 Å². The molecule has 4 aromatic rings. The molecule has 190 valence electrons. The molecule has 2 aromatic carbocycles. The zero-order valence-electron chi connectivity index (χ0n) is 21.0.